The van der Waals surface area contributed by atoms with Gasteiger partial charge in [0, 0.05) is 0 Å². The standard InChI is InChI=1S/C7H7F3N2O/c8-4-1-3(2-13)12-7(11)5(4)6(9)10/h1,6,13H,2H2,(H2,11,12). The Morgan fingerprint density at radius 2 is 2.15 bits per heavy atom. The molecule has 0 saturated heterocycles. The molecule has 0 atom stereocenters. The molecule has 0 saturated carbocycles. The fraction of sp³-hybridized carbons (Fsp3) is 0.286. The van der Waals surface area contributed by atoms with Crippen molar-refractivity contribution in [3.05, 3.63) is 23.1 Å². The topological polar surface area (TPSA) is 59.1 Å². The number of halogens is 3. The molecule has 0 spiro atoms. The number of nitrogens with zero attached hydrogens (tertiary/aromatic N) is 1. The molecule has 1 heterocycles. The minimum atomic E-state index is -3.00. The highest BCUT2D eigenvalue weighted by Gasteiger charge is 2.18. The molecule has 1 aromatic heterocycles. The molecule has 1 aromatic rings. The number of anilines is 1. The van der Waals surface area contributed by atoms with Crippen LogP contribution in [0.1, 0.15) is 17.7 Å². The van der Waals surface area contributed by atoms with Gasteiger partial charge in [-0.25, -0.2) is 18.2 Å². The normalized spacial score (nSPS) is 10.8. The van der Waals surface area contributed by atoms with Crippen LogP contribution in [0.2, 0.25) is 0 Å². The van der Waals surface area contributed by atoms with Gasteiger partial charge in [0.05, 0.1) is 17.9 Å². The highest BCUT2D eigenvalue weighted by molar-refractivity contribution is 5.42. The largest absolute Gasteiger partial charge is 0.390 e. The molecule has 0 aromatic carbocycles. The zero-order valence-corrected chi connectivity index (χ0v) is 6.47. The van der Waals surface area contributed by atoms with E-state index in [0.717, 1.165) is 6.07 Å². The first-order valence-electron chi connectivity index (χ1n) is 3.40. The smallest absolute Gasteiger partial charge is 0.270 e. The van der Waals surface area contributed by atoms with Gasteiger partial charge in [-0.05, 0) is 6.07 Å². The van der Waals surface area contributed by atoms with Gasteiger partial charge < -0.3 is 10.8 Å². The van der Waals surface area contributed by atoms with E-state index in [1.54, 1.807) is 0 Å². The predicted octanol–water partition coefficient (Wildman–Crippen LogP) is 1.23. The summed E-state index contributed by atoms with van der Waals surface area (Å²) in [6, 6.07) is 0.734. The molecule has 0 bridgehead atoms. The summed E-state index contributed by atoms with van der Waals surface area (Å²) in [7, 11) is 0. The molecule has 0 aliphatic heterocycles. The van der Waals surface area contributed by atoms with Crippen LogP contribution in [-0.2, 0) is 6.61 Å². The summed E-state index contributed by atoms with van der Waals surface area (Å²) in [6.45, 7) is -0.537. The molecule has 6 heteroatoms. The van der Waals surface area contributed by atoms with E-state index in [2.05, 4.69) is 4.98 Å². The van der Waals surface area contributed by atoms with Gasteiger partial charge in [0.2, 0.25) is 0 Å². The number of alkyl halides is 2. The van der Waals surface area contributed by atoms with Crippen molar-refractivity contribution in [2.45, 2.75) is 13.0 Å². The summed E-state index contributed by atoms with van der Waals surface area (Å²) in [5.74, 6) is -1.73. The predicted molar refractivity (Wildman–Crippen MR) is 39.5 cm³/mol. The maximum atomic E-state index is 12.8. The summed E-state index contributed by atoms with van der Waals surface area (Å²) < 4.78 is 37.0. The Kier molecular flexibility index (Phi) is 2.72. The van der Waals surface area contributed by atoms with Crippen LogP contribution in [0.3, 0.4) is 0 Å². The Morgan fingerprint density at radius 1 is 1.54 bits per heavy atom. The van der Waals surface area contributed by atoms with Crippen LogP contribution in [0.15, 0.2) is 6.07 Å². The second-order valence-corrected chi connectivity index (χ2v) is 2.35. The number of nitrogen functional groups attached to an aromatic ring is 1. The Morgan fingerprint density at radius 3 is 2.54 bits per heavy atom. The average Bonchev–Trinajstić information content (AvgIpc) is 2.02. The lowest BCUT2D eigenvalue weighted by Crippen LogP contribution is -2.04. The lowest BCUT2D eigenvalue weighted by Gasteiger charge is -2.06. The van der Waals surface area contributed by atoms with Gasteiger partial charge in [0.15, 0.2) is 0 Å². The number of nitrogens with two attached hydrogens (primary N) is 1. The highest BCUT2D eigenvalue weighted by atomic mass is 19.3. The highest BCUT2D eigenvalue weighted by Crippen LogP contribution is 2.26. The van der Waals surface area contributed by atoms with E-state index < -0.39 is 30.2 Å². The van der Waals surface area contributed by atoms with E-state index in [0.29, 0.717) is 0 Å². The first-order valence-corrected chi connectivity index (χ1v) is 3.40. The SMILES string of the molecule is Nc1nc(CO)cc(F)c1C(F)F. The number of hydrogen-bond donors (Lipinski definition) is 2. The van der Waals surface area contributed by atoms with Gasteiger partial charge in [-0.1, -0.05) is 0 Å². The van der Waals surface area contributed by atoms with Crippen LogP contribution in [0.25, 0.3) is 0 Å². The molecular formula is C7H7F3N2O. The first-order chi connectivity index (χ1) is 6.06. The van der Waals surface area contributed by atoms with Gasteiger partial charge in [-0.3, -0.25) is 0 Å². The van der Waals surface area contributed by atoms with Crippen LogP contribution in [0.5, 0.6) is 0 Å². The van der Waals surface area contributed by atoms with E-state index in [9.17, 15) is 13.2 Å². The van der Waals surface area contributed by atoms with Crippen molar-refractivity contribution >= 4 is 5.82 Å². The zero-order valence-electron chi connectivity index (χ0n) is 6.47. The van der Waals surface area contributed by atoms with Crippen molar-refractivity contribution in [1.29, 1.82) is 0 Å². The van der Waals surface area contributed by atoms with E-state index in [4.69, 9.17) is 10.8 Å². The molecule has 0 radical (unpaired) electrons. The van der Waals surface area contributed by atoms with Crippen molar-refractivity contribution in [1.82, 2.24) is 4.98 Å². The van der Waals surface area contributed by atoms with E-state index >= 15 is 0 Å². The lowest BCUT2D eigenvalue weighted by atomic mass is 10.2. The van der Waals surface area contributed by atoms with Crippen molar-refractivity contribution in [3.63, 3.8) is 0 Å². The molecule has 0 aliphatic carbocycles. The van der Waals surface area contributed by atoms with Crippen LogP contribution < -0.4 is 5.73 Å². The van der Waals surface area contributed by atoms with Gasteiger partial charge >= 0.3 is 0 Å². The lowest BCUT2D eigenvalue weighted by molar-refractivity contribution is 0.146. The number of aliphatic hydroxyl groups is 1. The number of pyridine rings is 1. The van der Waals surface area contributed by atoms with Gasteiger partial charge in [0.25, 0.3) is 6.43 Å². The Bertz CT molecular complexity index is 294. The Hall–Kier alpha value is -1.30. The molecular weight excluding hydrogens is 185 g/mol. The van der Waals surface area contributed by atoms with Crippen LogP contribution in [0, 0.1) is 5.82 Å². The maximum Gasteiger partial charge on any atom is 0.270 e. The molecule has 0 fully saturated rings. The van der Waals surface area contributed by atoms with Crippen molar-refractivity contribution in [3.8, 4) is 0 Å². The van der Waals surface area contributed by atoms with Gasteiger partial charge in [-0.2, -0.15) is 0 Å². The van der Waals surface area contributed by atoms with Crippen molar-refractivity contribution in [2.75, 3.05) is 5.73 Å². The second kappa shape index (κ2) is 3.61. The van der Waals surface area contributed by atoms with Crippen molar-refractivity contribution in [2.24, 2.45) is 0 Å². The van der Waals surface area contributed by atoms with E-state index in [1.165, 1.54) is 0 Å². The fourth-order valence-electron chi connectivity index (χ4n) is 0.891. The molecule has 3 N–H and O–H groups in total. The third-order valence-corrected chi connectivity index (χ3v) is 1.47. The zero-order chi connectivity index (χ0) is 10.0. The molecule has 0 aliphatic rings. The fourth-order valence-corrected chi connectivity index (χ4v) is 0.891. The van der Waals surface area contributed by atoms with Crippen LogP contribution >= 0.6 is 0 Å². The quantitative estimate of drug-likeness (QED) is 0.740. The molecule has 0 unspecified atom stereocenters. The van der Waals surface area contributed by atoms with E-state index in [1.807, 2.05) is 0 Å². The summed E-state index contributed by atoms with van der Waals surface area (Å²) in [6.07, 6.45) is -3.00. The summed E-state index contributed by atoms with van der Waals surface area (Å²) in [4.78, 5) is 3.38. The monoisotopic (exact) mass is 192 g/mol. The number of aliphatic hydroxyl groups excluding tert-OH is 1. The number of hydrogen-bond acceptors (Lipinski definition) is 3. The van der Waals surface area contributed by atoms with E-state index in [-0.39, 0.29) is 5.69 Å². The Balaban J connectivity index is 3.23. The van der Waals surface area contributed by atoms with Gasteiger partial charge in [-0.15, -0.1) is 0 Å². The summed E-state index contributed by atoms with van der Waals surface area (Å²) >= 11 is 0. The molecule has 13 heavy (non-hydrogen) atoms. The Labute approximate surface area is 72.0 Å². The molecule has 3 nitrogen and oxygen atoms in total. The molecule has 72 valence electrons. The maximum absolute atomic E-state index is 12.8. The molecule has 1 rings (SSSR count). The minimum Gasteiger partial charge on any atom is -0.390 e. The summed E-state index contributed by atoms with van der Waals surface area (Å²) in [5, 5.41) is 8.54. The van der Waals surface area contributed by atoms with Crippen molar-refractivity contribution < 1.29 is 18.3 Å². The van der Waals surface area contributed by atoms with Gasteiger partial charge in [0.1, 0.15) is 11.6 Å². The number of rotatable bonds is 2. The average molecular weight is 192 g/mol. The van der Waals surface area contributed by atoms with Crippen LogP contribution in [0.4, 0.5) is 19.0 Å². The summed E-state index contributed by atoms with van der Waals surface area (Å²) in [5.41, 5.74) is 4.07. The molecule has 0 amide bonds. The third kappa shape index (κ3) is 1.89. The second-order valence-electron chi connectivity index (χ2n) is 2.35. The minimum absolute atomic E-state index is 0.0700. The first kappa shape index (κ1) is 9.79. The third-order valence-electron chi connectivity index (χ3n) is 1.47. The van der Waals surface area contributed by atoms with Crippen LogP contribution in [-0.4, -0.2) is 10.1 Å². The number of aromatic nitrogens is 1.